The van der Waals surface area contributed by atoms with E-state index in [4.69, 9.17) is 11.6 Å². The minimum absolute atomic E-state index is 0.0957. The van der Waals surface area contributed by atoms with Gasteiger partial charge in [0.2, 0.25) is 0 Å². The lowest BCUT2D eigenvalue weighted by Gasteiger charge is -2.09. The summed E-state index contributed by atoms with van der Waals surface area (Å²) < 4.78 is 1.22. The molecule has 0 radical (unpaired) electrons. The molecule has 106 valence electrons. The number of aromatic nitrogens is 2. The summed E-state index contributed by atoms with van der Waals surface area (Å²) in [4.78, 5) is 26.9. The lowest BCUT2D eigenvalue weighted by Crippen LogP contribution is -2.36. The normalized spacial score (nSPS) is 10.8. The quantitative estimate of drug-likeness (QED) is 0.881. The van der Waals surface area contributed by atoms with Crippen molar-refractivity contribution in [1.29, 1.82) is 0 Å². The second-order valence-electron chi connectivity index (χ2n) is 4.80. The van der Waals surface area contributed by atoms with E-state index in [0.29, 0.717) is 12.1 Å². The van der Waals surface area contributed by atoms with Crippen LogP contribution in [0.15, 0.2) is 33.9 Å². The van der Waals surface area contributed by atoms with E-state index in [1.807, 2.05) is 38.1 Å². The first kappa shape index (κ1) is 14.6. The topological polar surface area (TPSA) is 54.9 Å². The number of aryl methyl sites for hydroxylation is 1. The van der Waals surface area contributed by atoms with Gasteiger partial charge in [-0.2, -0.15) is 0 Å². The predicted octanol–water partition coefficient (Wildman–Crippen LogP) is 2.97. The number of benzene rings is 1. The van der Waals surface area contributed by atoms with E-state index in [-0.39, 0.29) is 10.7 Å². The first-order valence-electron chi connectivity index (χ1n) is 6.64. The van der Waals surface area contributed by atoms with E-state index in [1.54, 1.807) is 0 Å². The maximum atomic E-state index is 12.5. The molecule has 1 N–H and O–H groups in total. The highest BCUT2D eigenvalue weighted by Gasteiger charge is 2.14. The van der Waals surface area contributed by atoms with Crippen molar-refractivity contribution in [3.63, 3.8) is 0 Å². The van der Waals surface area contributed by atoms with Crippen LogP contribution in [0.25, 0.3) is 11.1 Å². The smallest absolute Gasteiger partial charge is 0.297 e. The number of H-pyrrole nitrogens is 1. The largest absolute Gasteiger partial charge is 0.329 e. The van der Waals surface area contributed by atoms with E-state index in [0.717, 1.165) is 24.0 Å². The molecule has 0 aliphatic carbocycles. The molecule has 0 unspecified atom stereocenters. The minimum atomic E-state index is -0.454. The summed E-state index contributed by atoms with van der Waals surface area (Å²) in [5, 5.41) is 0.0957. The molecule has 0 amide bonds. The molecule has 1 aromatic carbocycles. The average molecular weight is 293 g/mol. The van der Waals surface area contributed by atoms with Crippen LogP contribution in [-0.2, 0) is 6.54 Å². The van der Waals surface area contributed by atoms with Crippen LogP contribution in [0, 0.1) is 6.92 Å². The lowest BCUT2D eigenvalue weighted by atomic mass is 10.1. The highest BCUT2D eigenvalue weighted by Crippen LogP contribution is 2.22. The van der Waals surface area contributed by atoms with Gasteiger partial charge in [-0.05, 0) is 18.9 Å². The van der Waals surface area contributed by atoms with Gasteiger partial charge in [0, 0.05) is 6.54 Å². The highest BCUT2D eigenvalue weighted by molar-refractivity contribution is 6.32. The maximum absolute atomic E-state index is 12.5. The molecular weight excluding hydrogens is 276 g/mol. The van der Waals surface area contributed by atoms with E-state index in [1.165, 1.54) is 4.57 Å². The Kier molecular flexibility index (Phi) is 4.45. The summed E-state index contributed by atoms with van der Waals surface area (Å²) in [6.07, 6.45) is 1.69. The molecule has 0 fully saturated rings. The number of nitrogens with one attached hydrogen (secondary N) is 1. The van der Waals surface area contributed by atoms with E-state index in [9.17, 15) is 9.59 Å². The summed E-state index contributed by atoms with van der Waals surface area (Å²) >= 11 is 6.06. The van der Waals surface area contributed by atoms with E-state index in [2.05, 4.69) is 4.98 Å². The number of hydrogen-bond donors (Lipinski definition) is 1. The third-order valence-electron chi connectivity index (χ3n) is 3.18. The Labute approximate surface area is 122 Å². The summed E-state index contributed by atoms with van der Waals surface area (Å²) in [5.74, 6) is 0. The third kappa shape index (κ3) is 2.85. The summed E-state index contributed by atoms with van der Waals surface area (Å²) in [5.41, 5.74) is 1.32. The van der Waals surface area contributed by atoms with Gasteiger partial charge in [0.25, 0.3) is 5.56 Å². The fraction of sp³-hybridized carbons (Fsp3) is 0.333. The summed E-state index contributed by atoms with van der Waals surface area (Å²) in [6.45, 7) is 4.36. The van der Waals surface area contributed by atoms with Crippen LogP contribution < -0.4 is 11.2 Å². The molecule has 5 heteroatoms. The van der Waals surface area contributed by atoms with Crippen molar-refractivity contribution in [3.8, 4) is 11.1 Å². The number of hydrogen-bond acceptors (Lipinski definition) is 2. The lowest BCUT2D eigenvalue weighted by molar-refractivity contribution is 0.584. The molecule has 0 atom stereocenters. The van der Waals surface area contributed by atoms with Gasteiger partial charge in [-0.25, -0.2) is 4.79 Å². The van der Waals surface area contributed by atoms with Crippen LogP contribution in [-0.4, -0.2) is 9.55 Å². The Morgan fingerprint density at radius 3 is 2.70 bits per heavy atom. The number of unbranched alkanes of at least 4 members (excludes halogenated alkanes) is 1. The van der Waals surface area contributed by atoms with Gasteiger partial charge in [-0.3, -0.25) is 14.3 Å². The van der Waals surface area contributed by atoms with Gasteiger partial charge < -0.3 is 0 Å². The zero-order valence-corrected chi connectivity index (χ0v) is 12.3. The zero-order chi connectivity index (χ0) is 14.7. The SMILES string of the molecule is CCCCn1c(=O)[nH]c(Cl)c(-c2cccc(C)c2)c1=O. The van der Waals surface area contributed by atoms with Crippen molar-refractivity contribution < 1.29 is 0 Å². The number of halogens is 1. The van der Waals surface area contributed by atoms with Crippen molar-refractivity contribution in [1.82, 2.24) is 9.55 Å². The Bertz CT molecular complexity index is 731. The van der Waals surface area contributed by atoms with Crippen LogP contribution in [0.4, 0.5) is 0 Å². The maximum Gasteiger partial charge on any atom is 0.329 e. The number of aromatic amines is 1. The van der Waals surface area contributed by atoms with Crippen LogP contribution in [0.2, 0.25) is 5.15 Å². The molecule has 2 aromatic rings. The molecule has 0 saturated carbocycles. The molecule has 1 heterocycles. The van der Waals surface area contributed by atoms with Crippen molar-refractivity contribution in [3.05, 3.63) is 55.8 Å². The predicted molar refractivity (Wildman–Crippen MR) is 81.4 cm³/mol. The fourth-order valence-electron chi connectivity index (χ4n) is 2.12. The first-order valence-corrected chi connectivity index (χ1v) is 7.02. The molecule has 20 heavy (non-hydrogen) atoms. The molecule has 1 aromatic heterocycles. The first-order chi connectivity index (χ1) is 9.54. The highest BCUT2D eigenvalue weighted by atomic mass is 35.5. The Balaban J connectivity index is 2.65. The standard InChI is InChI=1S/C15H17ClN2O2/c1-3-4-8-18-14(19)12(13(16)17-15(18)20)11-7-5-6-10(2)9-11/h5-7,9H,3-4,8H2,1-2H3,(H,17,20). The van der Waals surface area contributed by atoms with Gasteiger partial charge in [-0.15, -0.1) is 0 Å². The van der Waals surface area contributed by atoms with E-state index >= 15 is 0 Å². The van der Waals surface area contributed by atoms with Crippen LogP contribution in [0.5, 0.6) is 0 Å². The summed E-state index contributed by atoms with van der Waals surface area (Å²) in [7, 11) is 0. The van der Waals surface area contributed by atoms with Crippen molar-refractivity contribution in [2.24, 2.45) is 0 Å². The third-order valence-corrected chi connectivity index (χ3v) is 3.47. The van der Waals surface area contributed by atoms with E-state index < -0.39 is 5.69 Å². The molecule has 0 spiro atoms. The average Bonchev–Trinajstić information content (AvgIpc) is 2.38. The van der Waals surface area contributed by atoms with Gasteiger partial charge >= 0.3 is 5.69 Å². The minimum Gasteiger partial charge on any atom is -0.297 e. The van der Waals surface area contributed by atoms with Gasteiger partial charge in [-0.1, -0.05) is 54.8 Å². The molecule has 2 rings (SSSR count). The van der Waals surface area contributed by atoms with Gasteiger partial charge in [0.1, 0.15) is 5.15 Å². The summed E-state index contributed by atoms with van der Waals surface area (Å²) in [6, 6.07) is 7.50. The Hall–Kier alpha value is -1.81. The van der Waals surface area contributed by atoms with Gasteiger partial charge in [0.05, 0.1) is 5.56 Å². The van der Waals surface area contributed by atoms with Crippen LogP contribution in [0.1, 0.15) is 25.3 Å². The Morgan fingerprint density at radius 1 is 1.30 bits per heavy atom. The second-order valence-corrected chi connectivity index (χ2v) is 5.18. The molecular formula is C15H17ClN2O2. The molecule has 0 aliphatic rings. The zero-order valence-electron chi connectivity index (χ0n) is 11.6. The monoisotopic (exact) mass is 292 g/mol. The molecule has 4 nitrogen and oxygen atoms in total. The molecule has 0 aliphatic heterocycles. The molecule has 0 saturated heterocycles. The van der Waals surface area contributed by atoms with Crippen molar-refractivity contribution in [2.75, 3.05) is 0 Å². The second kappa shape index (κ2) is 6.09. The van der Waals surface area contributed by atoms with Crippen LogP contribution in [0.3, 0.4) is 0 Å². The fourth-order valence-corrected chi connectivity index (χ4v) is 2.39. The van der Waals surface area contributed by atoms with Gasteiger partial charge in [0.15, 0.2) is 0 Å². The number of rotatable bonds is 4. The number of nitrogens with zero attached hydrogens (tertiary/aromatic N) is 1. The van der Waals surface area contributed by atoms with Crippen molar-refractivity contribution in [2.45, 2.75) is 33.2 Å². The Morgan fingerprint density at radius 2 is 2.05 bits per heavy atom. The van der Waals surface area contributed by atoms with Crippen molar-refractivity contribution >= 4 is 11.6 Å². The van der Waals surface area contributed by atoms with Crippen LogP contribution >= 0.6 is 11.6 Å². The molecule has 0 bridgehead atoms.